The summed E-state index contributed by atoms with van der Waals surface area (Å²) in [6.45, 7) is 18.2. The van der Waals surface area contributed by atoms with E-state index in [1.54, 1.807) is 38.9 Å². The van der Waals surface area contributed by atoms with Gasteiger partial charge in [0.1, 0.15) is 0 Å². The topological polar surface area (TPSA) is 0 Å². The van der Waals surface area contributed by atoms with Crippen molar-refractivity contribution < 1.29 is 17.1 Å². The molecule has 2 aromatic rings. The van der Waals surface area contributed by atoms with Gasteiger partial charge >= 0.3 is 0 Å². The van der Waals surface area contributed by atoms with Crippen molar-refractivity contribution in [3.05, 3.63) is 56.6 Å². The molecule has 0 aliphatic carbocycles. The molecule has 0 fully saturated rings. The third-order valence-electron chi connectivity index (χ3n) is 5.89. The zero-order valence-corrected chi connectivity index (χ0v) is 20.3. The van der Waals surface area contributed by atoms with Crippen LogP contribution in [0, 0.1) is 0 Å². The predicted molar refractivity (Wildman–Crippen MR) is 119 cm³/mol. The molecule has 0 saturated carbocycles. The Kier molecular flexibility index (Phi) is 13.0. The Hall–Kier alpha value is -0.781. The van der Waals surface area contributed by atoms with Crippen LogP contribution in [-0.4, -0.2) is 0 Å². The average Bonchev–Trinajstić information content (AvgIpc) is 3.24. The van der Waals surface area contributed by atoms with Gasteiger partial charge in [-0.05, 0) is 0 Å². The van der Waals surface area contributed by atoms with Gasteiger partial charge in [-0.25, -0.2) is 32.1 Å². The molecule has 0 aliphatic rings. The van der Waals surface area contributed by atoms with Gasteiger partial charge in [0, 0.05) is 17.1 Å². The van der Waals surface area contributed by atoms with Crippen molar-refractivity contribution in [2.45, 2.75) is 107 Å². The summed E-state index contributed by atoms with van der Waals surface area (Å²) in [5.74, 6) is 0. The fraction of sp³-hybridized carbons (Fsp3) is 0.615. The van der Waals surface area contributed by atoms with E-state index in [4.69, 9.17) is 0 Å². The quantitative estimate of drug-likeness (QED) is 0.316. The normalized spacial score (nSPS) is 10.4. The van der Waals surface area contributed by atoms with Crippen LogP contribution >= 0.6 is 0 Å². The minimum Gasteiger partial charge on any atom is -0.728 e. The van der Waals surface area contributed by atoms with Gasteiger partial charge in [0.05, 0.1) is 0 Å². The SMILES string of the molecule is CC[c-]1[c-](CC)[c-](CC)[c-](CC)[c-]1CC.CCc1c[c-](CC)cc1CC.[Fe]. The van der Waals surface area contributed by atoms with E-state index in [1.165, 1.54) is 56.9 Å². The molecule has 0 nitrogen and oxygen atoms in total. The van der Waals surface area contributed by atoms with Gasteiger partial charge in [-0.2, -0.15) is 28.8 Å². The van der Waals surface area contributed by atoms with E-state index in [2.05, 4.69) is 67.5 Å². The summed E-state index contributed by atoms with van der Waals surface area (Å²) in [6.07, 6.45) is 9.58. The van der Waals surface area contributed by atoms with E-state index in [0.29, 0.717) is 0 Å². The largest absolute Gasteiger partial charge is 0.728 e. The zero-order valence-electron chi connectivity index (χ0n) is 19.2. The van der Waals surface area contributed by atoms with Gasteiger partial charge in [-0.3, -0.25) is 0 Å². The van der Waals surface area contributed by atoms with Crippen molar-refractivity contribution in [3.8, 4) is 0 Å². The molecular formula is C26H42Fe-6. The molecule has 0 amide bonds. The third kappa shape index (κ3) is 6.10. The van der Waals surface area contributed by atoms with Gasteiger partial charge in [0.2, 0.25) is 0 Å². The van der Waals surface area contributed by atoms with Crippen LogP contribution in [-0.2, 0) is 68.4 Å². The van der Waals surface area contributed by atoms with Gasteiger partial charge < -0.3 is 27.8 Å². The first-order valence-corrected chi connectivity index (χ1v) is 11.1. The second-order valence-electron chi connectivity index (χ2n) is 7.14. The molecule has 0 atom stereocenters. The zero-order chi connectivity index (χ0) is 19.7. The molecule has 0 N–H and O–H groups in total. The van der Waals surface area contributed by atoms with Crippen molar-refractivity contribution >= 4 is 0 Å². The Balaban J connectivity index is 0.000000504. The molecule has 0 aromatic heterocycles. The fourth-order valence-electron chi connectivity index (χ4n) is 4.58. The standard InChI is InChI=1S/C15H25.C11H17.Fe/c1-6-11-12(7-2)14(9-4)15(10-5)13(11)8-3;1-4-9-7-10(5-2)11(6-3)8-9;/h6-10H2,1-5H3;7-8H,4-6H2,1-3H3;/q-5;-1;. The third-order valence-corrected chi connectivity index (χ3v) is 5.89. The van der Waals surface area contributed by atoms with Crippen LogP contribution in [0.1, 0.15) is 99.9 Å². The van der Waals surface area contributed by atoms with E-state index in [9.17, 15) is 0 Å². The Bertz CT molecular complexity index is 541. The summed E-state index contributed by atoms with van der Waals surface area (Å²) in [5, 5.41) is 0. The molecule has 0 saturated heterocycles. The molecule has 0 radical (unpaired) electrons. The van der Waals surface area contributed by atoms with E-state index in [1.807, 2.05) is 0 Å². The monoisotopic (exact) mass is 410 g/mol. The van der Waals surface area contributed by atoms with Crippen LogP contribution < -0.4 is 0 Å². The maximum absolute atomic E-state index is 2.35. The molecule has 2 rings (SSSR count). The molecule has 0 aliphatic heterocycles. The molecular weight excluding hydrogens is 368 g/mol. The van der Waals surface area contributed by atoms with Gasteiger partial charge in [0.25, 0.3) is 0 Å². The number of hydrogen-bond donors (Lipinski definition) is 0. The van der Waals surface area contributed by atoms with Crippen LogP contribution in [0.25, 0.3) is 0 Å². The maximum atomic E-state index is 2.35. The van der Waals surface area contributed by atoms with Gasteiger partial charge in [0.15, 0.2) is 0 Å². The average molecular weight is 410 g/mol. The molecule has 0 unspecified atom stereocenters. The van der Waals surface area contributed by atoms with Crippen LogP contribution in [0.5, 0.6) is 0 Å². The first-order valence-electron chi connectivity index (χ1n) is 11.1. The second kappa shape index (κ2) is 13.4. The Morgan fingerprint density at radius 3 is 0.889 bits per heavy atom. The van der Waals surface area contributed by atoms with Crippen molar-refractivity contribution in [1.29, 1.82) is 0 Å². The van der Waals surface area contributed by atoms with Crippen molar-refractivity contribution in [2.75, 3.05) is 0 Å². The van der Waals surface area contributed by atoms with Crippen LogP contribution in [0.4, 0.5) is 0 Å². The summed E-state index contributed by atoms with van der Waals surface area (Å²) >= 11 is 0. The van der Waals surface area contributed by atoms with E-state index >= 15 is 0 Å². The number of aryl methyl sites for hydroxylation is 3. The molecule has 0 heterocycles. The van der Waals surface area contributed by atoms with Crippen LogP contribution in [0.3, 0.4) is 0 Å². The second-order valence-corrected chi connectivity index (χ2v) is 7.14. The van der Waals surface area contributed by atoms with Crippen LogP contribution in [0.2, 0.25) is 0 Å². The first-order chi connectivity index (χ1) is 12.6. The minimum absolute atomic E-state index is 0. The van der Waals surface area contributed by atoms with Gasteiger partial charge in [-0.15, -0.1) is 0 Å². The summed E-state index contributed by atoms with van der Waals surface area (Å²) < 4.78 is 0. The minimum atomic E-state index is 0. The Morgan fingerprint density at radius 1 is 0.481 bits per heavy atom. The number of rotatable bonds is 8. The molecule has 27 heavy (non-hydrogen) atoms. The summed E-state index contributed by atoms with van der Waals surface area (Å²) in [7, 11) is 0. The fourth-order valence-corrected chi connectivity index (χ4v) is 4.58. The van der Waals surface area contributed by atoms with Crippen molar-refractivity contribution in [3.63, 3.8) is 0 Å². The van der Waals surface area contributed by atoms with Crippen LogP contribution in [0.15, 0.2) is 12.1 Å². The number of hydrogen-bond acceptors (Lipinski definition) is 0. The summed E-state index contributed by atoms with van der Waals surface area (Å²) in [4.78, 5) is 0. The summed E-state index contributed by atoms with van der Waals surface area (Å²) in [5.41, 5.74) is 12.9. The van der Waals surface area contributed by atoms with Crippen molar-refractivity contribution in [2.24, 2.45) is 0 Å². The summed E-state index contributed by atoms with van der Waals surface area (Å²) in [6, 6.07) is 4.69. The maximum Gasteiger partial charge on any atom is 0 e. The molecule has 0 bridgehead atoms. The Labute approximate surface area is 180 Å². The first kappa shape index (κ1) is 26.2. The van der Waals surface area contributed by atoms with E-state index < -0.39 is 0 Å². The molecule has 0 spiro atoms. The predicted octanol–water partition coefficient (Wildman–Crippen LogP) is 7.31. The molecule has 2 aromatic carbocycles. The molecule has 160 valence electrons. The van der Waals surface area contributed by atoms with Crippen molar-refractivity contribution in [1.82, 2.24) is 0 Å². The van der Waals surface area contributed by atoms with E-state index in [0.717, 1.165) is 0 Å². The Morgan fingerprint density at radius 2 is 0.741 bits per heavy atom. The smallest absolute Gasteiger partial charge is 0 e. The van der Waals surface area contributed by atoms with Gasteiger partial charge in [-0.1, -0.05) is 74.7 Å². The molecule has 1 heteroatoms. The van der Waals surface area contributed by atoms with E-state index in [-0.39, 0.29) is 17.1 Å².